The number of aryl methyl sites for hydroxylation is 1. The van der Waals surface area contributed by atoms with E-state index in [9.17, 15) is 22.0 Å². The maximum Gasteiger partial charge on any atom is 0.433 e. The van der Waals surface area contributed by atoms with Gasteiger partial charge in [-0.1, -0.05) is 0 Å². The van der Waals surface area contributed by atoms with Crippen LogP contribution < -0.4 is 19.1 Å². The average Bonchev–Trinajstić information content (AvgIpc) is 3.11. The molecule has 0 N–H and O–H groups in total. The SMILES string of the molecule is COc1ncc(-c2cc(N3CC(Oc4ccnc(C(F)(F)F)c4)C(F)(F)C3)nc(C)n2)c(OC)n1. The topological polar surface area (TPSA) is 95.4 Å². The molecule has 0 aliphatic carbocycles. The van der Waals surface area contributed by atoms with E-state index in [4.69, 9.17) is 14.2 Å². The highest BCUT2D eigenvalue weighted by atomic mass is 19.4. The lowest BCUT2D eigenvalue weighted by Crippen LogP contribution is -2.36. The number of aromatic nitrogens is 5. The summed E-state index contributed by atoms with van der Waals surface area (Å²) in [5, 5.41) is 0. The number of hydrogen-bond donors (Lipinski definition) is 0. The van der Waals surface area contributed by atoms with Crippen LogP contribution in [0.4, 0.5) is 27.8 Å². The Hall–Kier alpha value is -3.84. The molecule has 0 aromatic carbocycles. The highest BCUT2D eigenvalue weighted by molar-refractivity contribution is 5.67. The van der Waals surface area contributed by atoms with Gasteiger partial charge in [0, 0.05) is 24.5 Å². The summed E-state index contributed by atoms with van der Waals surface area (Å²) < 4.78 is 83.8. The van der Waals surface area contributed by atoms with Crippen LogP contribution in [0.15, 0.2) is 30.6 Å². The van der Waals surface area contributed by atoms with Crippen molar-refractivity contribution in [1.29, 1.82) is 0 Å². The minimum atomic E-state index is -4.73. The molecule has 1 unspecified atom stereocenters. The Balaban J connectivity index is 1.61. The average molecular weight is 498 g/mol. The fourth-order valence-electron chi connectivity index (χ4n) is 3.49. The third kappa shape index (κ3) is 5.15. The van der Waals surface area contributed by atoms with Crippen LogP contribution in [0.5, 0.6) is 17.6 Å². The van der Waals surface area contributed by atoms with Gasteiger partial charge in [0.1, 0.15) is 23.1 Å². The first-order valence-electron chi connectivity index (χ1n) is 10.1. The smallest absolute Gasteiger partial charge is 0.433 e. The first-order valence-corrected chi connectivity index (χ1v) is 10.1. The van der Waals surface area contributed by atoms with Crippen molar-refractivity contribution in [2.45, 2.75) is 25.1 Å². The molecule has 0 radical (unpaired) electrons. The fraction of sp³-hybridized carbons (Fsp3) is 0.381. The fourth-order valence-corrected chi connectivity index (χ4v) is 3.49. The molecule has 3 aromatic heterocycles. The molecule has 0 bridgehead atoms. The van der Waals surface area contributed by atoms with E-state index in [1.54, 1.807) is 6.92 Å². The van der Waals surface area contributed by atoms with Crippen LogP contribution in [0.1, 0.15) is 11.5 Å². The summed E-state index contributed by atoms with van der Waals surface area (Å²) in [6, 6.07) is 3.21. The summed E-state index contributed by atoms with van der Waals surface area (Å²) in [5.41, 5.74) is -0.529. The molecule has 0 amide bonds. The molecule has 186 valence electrons. The Bertz CT molecular complexity index is 1230. The second kappa shape index (κ2) is 9.07. The van der Waals surface area contributed by atoms with Gasteiger partial charge in [-0.15, -0.1) is 0 Å². The molecule has 0 saturated carbocycles. The van der Waals surface area contributed by atoms with E-state index in [2.05, 4.69) is 24.9 Å². The zero-order valence-electron chi connectivity index (χ0n) is 18.7. The maximum atomic E-state index is 14.8. The highest BCUT2D eigenvalue weighted by Gasteiger charge is 2.50. The van der Waals surface area contributed by atoms with Crippen molar-refractivity contribution in [2.24, 2.45) is 0 Å². The quantitative estimate of drug-likeness (QED) is 0.473. The van der Waals surface area contributed by atoms with Crippen LogP contribution in [-0.2, 0) is 6.18 Å². The van der Waals surface area contributed by atoms with Gasteiger partial charge in [0.05, 0.1) is 38.6 Å². The number of hydrogen-bond acceptors (Lipinski definition) is 9. The van der Waals surface area contributed by atoms with Gasteiger partial charge in [0.2, 0.25) is 5.88 Å². The molecule has 9 nitrogen and oxygen atoms in total. The number of halogens is 5. The van der Waals surface area contributed by atoms with Gasteiger partial charge in [-0.05, 0) is 13.0 Å². The first-order chi connectivity index (χ1) is 16.5. The van der Waals surface area contributed by atoms with Crippen molar-refractivity contribution in [2.75, 3.05) is 32.2 Å². The van der Waals surface area contributed by atoms with Crippen molar-refractivity contribution in [3.8, 4) is 28.9 Å². The third-order valence-electron chi connectivity index (χ3n) is 5.09. The monoisotopic (exact) mass is 498 g/mol. The lowest BCUT2D eigenvalue weighted by Gasteiger charge is -2.19. The molecule has 14 heteroatoms. The summed E-state index contributed by atoms with van der Waals surface area (Å²) in [4.78, 5) is 21.2. The zero-order valence-corrected chi connectivity index (χ0v) is 18.7. The number of rotatable bonds is 6. The summed E-state index contributed by atoms with van der Waals surface area (Å²) in [5.74, 6) is -3.12. The summed E-state index contributed by atoms with van der Waals surface area (Å²) in [6.45, 7) is 0.492. The maximum absolute atomic E-state index is 14.8. The third-order valence-corrected chi connectivity index (χ3v) is 5.09. The van der Waals surface area contributed by atoms with Crippen LogP contribution in [0.3, 0.4) is 0 Å². The van der Waals surface area contributed by atoms with Crippen molar-refractivity contribution in [1.82, 2.24) is 24.9 Å². The molecule has 4 heterocycles. The largest absolute Gasteiger partial charge is 0.482 e. The zero-order chi connectivity index (χ0) is 25.4. The van der Waals surface area contributed by atoms with E-state index in [-0.39, 0.29) is 35.8 Å². The second-order valence-corrected chi connectivity index (χ2v) is 7.56. The minimum absolute atomic E-state index is 0.0700. The van der Waals surface area contributed by atoms with Crippen molar-refractivity contribution >= 4 is 5.82 Å². The Morgan fingerprint density at radius 3 is 2.51 bits per heavy atom. The van der Waals surface area contributed by atoms with E-state index in [0.29, 0.717) is 17.3 Å². The minimum Gasteiger partial charge on any atom is -0.482 e. The molecule has 3 aromatic rings. The Morgan fingerprint density at radius 2 is 1.83 bits per heavy atom. The highest BCUT2D eigenvalue weighted by Crippen LogP contribution is 2.36. The van der Waals surface area contributed by atoms with E-state index >= 15 is 0 Å². The van der Waals surface area contributed by atoms with Crippen LogP contribution in [0.25, 0.3) is 11.3 Å². The summed E-state index contributed by atoms with van der Waals surface area (Å²) >= 11 is 0. The predicted molar refractivity (Wildman–Crippen MR) is 112 cm³/mol. The van der Waals surface area contributed by atoms with Gasteiger partial charge in [0.25, 0.3) is 0 Å². The van der Waals surface area contributed by atoms with Crippen LogP contribution >= 0.6 is 0 Å². The molecule has 1 aliphatic heterocycles. The molecular formula is C21H19F5N6O3. The molecule has 1 fully saturated rings. The van der Waals surface area contributed by atoms with Crippen molar-refractivity contribution in [3.63, 3.8) is 0 Å². The lowest BCUT2D eigenvalue weighted by molar-refractivity contribution is -0.141. The molecular weight excluding hydrogens is 479 g/mol. The predicted octanol–water partition coefficient (Wildman–Crippen LogP) is 3.58. The molecule has 1 atom stereocenters. The summed E-state index contributed by atoms with van der Waals surface area (Å²) in [6.07, 6.45) is -4.18. The van der Waals surface area contributed by atoms with Gasteiger partial charge >= 0.3 is 18.1 Å². The van der Waals surface area contributed by atoms with E-state index in [1.807, 2.05) is 0 Å². The Morgan fingerprint density at radius 1 is 1.06 bits per heavy atom. The molecule has 4 rings (SSSR count). The molecule has 1 saturated heterocycles. The number of pyridine rings is 1. The van der Waals surface area contributed by atoms with E-state index in [1.165, 1.54) is 31.4 Å². The number of ether oxygens (including phenoxy) is 3. The van der Waals surface area contributed by atoms with Crippen LogP contribution in [0.2, 0.25) is 0 Å². The summed E-state index contributed by atoms with van der Waals surface area (Å²) in [7, 11) is 2.79. The van der Waals surface area contributed by atoms with Crippen LogP contribution in [0, 0.1) is 6.92 Å². The van der Waals surface area contributed by atoms with Gasteiger partial charge < -0.3 is 19.1 Å². The van der Waals surface area contributed by atoms with Gasteiger partial charge in [-0.25, -0.2) is 23.7 Å². The van der Waals surface area contributed by atoms with Crippen LogP contribution in [-0.4, -0.2) is 64.3 Å². The van der Waals surface area contributed by atoms with E-state index < -0.39 is 30.4 Å². The number of nitrogens with zero attached hydrogens (tertiary/aromatic N) is 6. The standard InChI is InChI=1S/C21H19F5N6O3/c1-11-29-14(13-8-28-19(34-3)31-18(13)33-2)7-17(30-11)32-9-16(20(22,23)10-32)35-12-4-5-27-15(6-12)21(24,25)26/h4-8,16H,9-10H2,1-3H3. The van der Waals surface area contributed by atoms with Gasteiger partial charge in [0.15, 0.2) is 6.10 Å². The molecule has 1 aliphatic rings. The van der Waals surface area contributed by atoms with E-state index in [0.717, 1.165) is 12.3 Å². The van der Waals surface area contributed by atoms with Gasteiger partial charge in [-0.2, -0.15) is 18.2 Å². The van der Waals surface area contributed by atoms with Crippen molar-refractivity contribution < 1.29 is 36.2 Å². The lowest BCUT2D eigenvalue weighted by atomic mass is 10.2. The van der Waals surface area contributed by atoms with Crippen molar-refractivity contribution in [3.05, 3.63) is 42.1 Å². The Kier molecular flexibility index (Phi) is 6.30. The number of alkyl halides is 5. The number of methoxy groups -OCH3 is 2. The Labute approximate surface area is 195 Å². The number of anilines is 1. The normalized spacial score (nSPS) is 17.4. The molecule has 0 spiro atoms. The molecule has 35 heavy (non-hydrogen) atoms. The second-order valence-electron chi connectivity index (χ2n) is 7.56. The first kappa shape index (κ1) is 24.3. The van der Waals surface area contributed by atoms with Gasteiger partial charge in [-0.3, -0.25) is 4.98 Å².